The molecule has 0 atom stereocenters. The zero-order valence-electron chi connectivity index (χ0n) is 33.9. The molecule has 0 aliphatic rings. The number of rotatable bonds is 18. The second kappa shape index (κ2) is 23.6. The maximum absolute atomic E-state index is 12.6. The molecule has 2 aromatic heterocycles. The van der Waals surface area contributed by atoms with E-state index in [0.717, 1.165) is 0 Å². The Labute approximate surface area is 416 Å². The molecule has 4 N–H and O–H groups in total. The second-order valence-corrected chi connectivity index (χ2v) is 20.2. The third kappa shape index (κ3) is 14.6. The Kier molecular flexibility index (Phi) is 19.5. The van der Waals surface area contributed by atoms with Gasteiger partial charge in [-0.2, -0.15) is 0 Å². The molecule has 2 heterocycles. The van der Waals surface area contributed by atoms with Crippen molar-refractivity contribution in [2.24, 2.45) is 0 Å². The van der Waals surface area contributed by atoms with Crippen molar-refractivity contribution in [2.45, 2.75) is 9.79 Å². The normalized spacial score (nSPS) is 11.8. The van der Waals surface area contributed by atoms with Crippen LogP contribution < -0.4 is 97.5 Å². The third-order valence-electron chi connectivity index (χ3n) is 8.27. The summed E-state index contributed by atoms with van der Waals surface area (Å²) in [7, 11) is -6.71. The van der Waals surface area contributed by atoms with Crippen LogP contribution in [0.2, 0.25) is 0 Å². The molecule has 0 aliphatic heterocycles. The monoisotopic (exact) mass is 1020 g/mol. The first-order chi connectivity index (χ1) is 28.7. The van der Waals surface area contributed by atoms with Gasteiger partial charge >= 0.3 is 421 Å². The minimum atomic E-state index is -5.05. The maximum atomic E-state index is 12.6. The van der Waals surface area contributed by atoms with Crippen molar-refractivity contribution >= 4 is 117 Å². The molecule has 24 heteroatoms. The molecule has 0 bridgehead atoms. The van der Waals surface area contributed by atoms with Gasteiger partial charge < -0.3 is 0 Å². The molecule has 18 nitrogen and oxygen atoms in total. The summed E-state index contributed by atoms with van der Waals surface area (Å²) in [6, 6.07) is 26.9. The Morgan fingerprint density at radius 3 is 1.29 bits per heavy atom. The van der Waals surface area contributed by atoms with Gasteiger partial charge in [0.25, 0.3) is 0 Å². The SMILES string of the molecule is CN(CCO)c1nc(Nc2ccccc2)nc([As]c2ccc(C=Cc3ccc([As]c4nc(Nc5ccccc5)nc(N(C)CCO)n4)cc3S(=O)(=O)[O-])c(S(=O)(=O)[O-])c2)n1.[Na+].[Na+]. The average molecular weight is 1020 g/mol. The summed E-state index contributed by atoms with van der Waals surface area (Å²) < 4.78 is 77.1. The summed E-state index contributed by atoms with van der Waals surface area (Å²) in [4.78, 5) is 29.2. The Bertz CT molecular complexity index is 2530. The predicted octanol–water partition coefficient (Wildman–Crippen LogP) is -6.30. The van der Waals surface area contributed by atoms with Crippen LogP contribution in [0.15, 0.2) is 107 Å². The van der Waals surface area contributed by atoms with E-state index in [2.05, 4.69) is 40.5 Å². The van der Waals surface area contributed by atoms with Crippen LogP contribution in [0.3, 0.4) is 0 Å². The largest absolute Gasteiger partial charge is 1.00 e. The van der Waals surface area contributed by atoms with E-state index in [9.17, 15) is 36.2 Å². The second-order valence-electron chi connectivity index (χ2n) is 12.7. The third-order valence-corrected chi connectivity index (χ3v) is 14.0. The summed E-state index contributed by atoms with van der Waals surface area (Å²) in [5.41, 5.74) is 1.36. The van der Waals surface area contributed by atoms with Crippen LogP contribution in [0.25, 0.3) is 12.2 Å². The van der Waals surface area contributed by atoms with Crippen LogP contribution in [-0.2, 0) is 20.2 Å². The van der Waals surface area contributed by atoms with Gasteiger partial charge in [0, 0.05) is 0 Å². The summed E-state index contributed by atoms with van der Waals surface area (Å²) in [6.07, 6.45) is 2.51. The quantitative estimate of drug-likeness (QED) is 0.0355. The van der Waals surface area contributed by atoms with E-state index < -0.39 is 61.5 Å². The number of nitrogens with one attached hydrogen (secondary N) is 2. The number of nitrogens with zero attached hydrogens (tertiary/aromatic N) is 8. The van der Waals surface area contributed by atoms with Gasteiger partial charge in [-0.25, -0.2) is 0 Å². The van der Waals surface area contributed by atoms with Crippen molar-refractivity contribution in [3.8, 4) is 0 Å². The zero-order valence-corrected chi connectivity index (χ0v) is 43.2. The van der Waals surface area contributed by atoms with E-state index in [0.29, 0.717) is 29.3 Å². The van der Waals surface area contributed by atoms with Crippen LogP contribution in [0.4, 0.5) is 35.2 Å². The van der Waals surface area contributed by atoms with E-state index >= 15 is 0 Å². The molecular formula is C38H36As2N10Na2O8S2. The molecule has 2 radical (unpaired) electrons. The number of aliphatic hydroxyl groups is 2. The van der Waals surface area contributed by atoms with Crippen LogP contribution in [0.5, 0.6) is 0 Å². The summed E-state index contributed by atoms with van der Waals surface area (Å²) >= 11 is -2.20. The molecule has 6 aromatic rings. The average Bonchev–Trinajstić information content (AvgIpc) is 3.20. The topological polar surface area (TPSA) is 263 Å². The number of para-hydroxylation sites is 2. The fourth-order valence-corrected chi connectivity index (χ4v) is 10.7. The number of hydrogen-bond donors (Lipinski definition) is 4. The maximum Gasteiger partial charge on any atom is 1.00 e. The molecule has 0 aliphatic carbocycles. The van der Waals surface area contributed by atoms with E-state index in [1.165, 1.54) is 36.4 Å². The first kappa shape index (κ1) is 51.3. The van der Waals surface area contributed by atoms with E-state index in [-0.39, 0.29) is 120 Å². The predicted molar refractivity (Wildman–Crippen MR) is 228 cm³/mol. The molecule has 0 unspecified atom stereocenters. The van der Waals surface area contributed by atoms with Gasteiger partial charge in [0.1, 0.15) is 0 Å². The van der Waals surface area contributed by atoms with Crippen molar-refractivity contribution in [1.82, 2.24) is 29.9 Å². The molecule has 0 amide bonds. The molecule has 4 aromatic carbocycles. The van der Waals surface area contributed by atoms with Gasteiger partial charge in [-0.3, -0.25) is 0 Å². The van der Waals surface area contributed by atoms with Crippen molar-refractivity contribution in [3.05, 3.63) is 108 Å². The molecule has 62 heavy (non-hydrogen) atoms. The van der Waals surface area contributed by atoms with Crippen LogP contribution in [0.1, 0.15) is 11.1 Å². The minimum Gasteiger partial charge on any atom is 1.00 e. The molecule has 0 spiro atoms. The standard InChI is InChI=1S/C38H38As2N10O8S2.2Na/c1-49(19-21-51)37-45-33(43-35(47-37)41-29-9-5-3-6-10-29)39-27-17-15-25(31(23-27)59(53,54)55)13-14-26-16-18-28(24-32(26)60(56,57)58)40-34-44-36(42-30-11-7-4-8-12-30)48-38(46-34)50(2)20-22-52;;/h3-18,23-24,51-52H,19-22H2,1-2H3,(H,53,54,55)(H,56,57,58)(H,41,43,45,47)(H,42,44,46,48);;/q;2*+1/p-2. The molecular weight excluding hydrogens is 984 g/mol. The van der Waals surface area contributed by atoms with Crippen molar-refractivity contribution in [3.63, 3.8) is 0 Å². The smallest absolute Gasteiger partial charge is 1.00 e. The van der Waals surface area contributed by atoms with Gasteiger partial charge in [-0.15, -0.1) is 0 Å². The first-order valence-corrected chi connectivity index (χ1v) is 24.4. The first-order valence-electron chi connectivity index (χ1n) is 17.8. The Hall–Kier alpha value is -3.30. The van der Waals surface area contributed by atoms with Gasteiger partial charge in [-0.1, -0.05) is 0 Å². The Balaban J connectivity index is 0.00000422. The number of aliphatic hydroxyl groups excluding tert-OH is 2. The van der Waals surface area contributed by atoms with E-state index in [1.54, 1.807) is 36.0 Å². The van der Waals surface area contributed by atoms with Gasteiger partial charge in [-0.05, 0) is 0 Å². The van der Waals surface area contributed by atoms with Gasteiger partial charge in [0.15, 0.2) is 0 Å². The number of hydrogen-bond acceptors (Lipinski definition) is 18. The molecule has 310 valence electrons. The number of anilines is 6. The van der Waals surface area contributed by atoms with Crippen LogP contribution in [0, 0.1) is 0 Å². The summed E-state index contributed by atoms with van der Waals surface area (Å²) in [5, 5.41) is 25.2. The zero-order chi connectivity index (χ0) is 42.9. The molecule has 6 rings (SSSR count). The van der Waals surface area contributed by atoms with Gasteiger partial charge in [0.2, 0.25) is 0 Å². The van der Waals surface area contributed by atoms with Gasteiger partial charge in [0.05, 0.1) is 0 Å². The summed E-state index contributed by atoms with van der Waals surface area (Å²) in [6.45, 7) is 0.170. The Morgan fingerprint density at radius 2 is 0.952 bits per heavy atom. The number of aromatic nitrogens is 6. The fraction of sp³-hybridized carbons (Fsp3) is 0.158. The minimum absolute atomic E-state index is 0. The fourth-order valence-electron chi connectivity index (χ4n) is 5.37. The van der Waals surface area contributed by atoms with Crippen molar-refractivity contribution in [2.75, 3.05) is 60.8 Å². The van der Waals surface area contributed by atoms with Crippen LogP contribution >= 0.6 is 0 Å². The van der Waals surface area contributed by atoms with E-state index in [4.69, 9.17) is 0 Å². The van der Waals surface area contributed by atoms with E-state index in [1.807, 2.05) is 60.7 Å². The number of likely N-dealkylation sites (N-methyl/N-ethyl adjacent to an activating group) is 2. The molecule has 0 fully saturated rings. The Morgan fingerprint density at radius 1 is 0.581 bits per heavy atom. The van der Waals surface area contributed by atoms with Crippen molar-refractivity contribution < 1.29 is 95.3 Å². The molecule has 0 saturated heterocycles. The van der Waals surface area contributed by atoms with Crippen LogP contribution in [-0.4, -0.2) is 138 Å². The van der Waals surface area contributed by atoms with Crippen molar-refractivity contribution in [1.29, 1.82) is 0 Å². The number of benzene rings is 4. The molecule has 0 saturated carbocycles. The summed E-state index contributed by atoms with van der Waals surface area (Å²) in [5.74, 6) is 0.986.